The van der Waals surface area contributed by atoms with E-state index in [2.05, 4.69) is 28.9 Å². The predicted molar refractivity (Wildman–Crippen MR) is 80.3 cm³/mol. The van der Waals surface area contributed by atoms with Gasteiger partial charge in [-0.3, -0.25) is 4.98 Å². The topological polar surface area (TPSA) is 42.1 Å². The molecule has 0 aliphatic carbocycles. The lowest BCUT2D eigenvalue weighted by Gasteiger charge is -2.33. The normalized spacial score (nSPS) is 20.3. The van der Waals surface area contributed by atoms with Gasteiger partial charge in [0.2, 0.25) is 0 Å². The van der Waals surface area contributed by atoms with E-state index < -0.39 is 0 Å². The number of nitrogens with zero attached hydrogens (tertiary/aromatic N) is 2. The average Bonchev–Trinajstić information content (AvgIpc) is 2.38. The van der Waals surface area contributed by atoms with Crippen LogP contribution in [0.1, 0.15) is 6.92 Å². The molecule has 1 saturated heterocycles. The Morgan fingerprint density at radius 3 is 3.06 bits per heavy atom. The van der Waals surface area contributed by atoms with Gasteiger partial charge in [-0.1, -0.05) is 25.1 Å². The van der Waals surface area contributed by atoms with E-state index >= 15 is 0 Å². The van der Waals surface area contributed by atoms with E-state index in [0.29, 0.717) is 5.25 Å². The number of nitrogen functional groups attached to an aromatic ring is 1. The van der Waals surface area contributed by atoms with Crippen LogP contribution in [-0.4, -0.2) is 29.1 Å². The quantitative estimate of drug-likeness (QED) is 0.855. The van der Waals surface area contributed by atoms with Crippen molar-refractivity contribution in [1.82, 2.24) is 4.98 Å². The smallest absolute Gasteiger partial charge is 0.0745 e. The summed E-state index contributed by atoms with van der Waals surface area (Å²) < 4.78 is 0. The maximum Gasteiger partial charge on any atom is 0.0745 e. The van der Waals surface area contributed by atoms with Gasteiger partial charge in [-0.05, 0) is 6.07 Å². The van der Waals surface area contributed by atoms with Crippen LogP contribution >= 0.6 is 11.8 Å². The molecule has 94 valence electrons. The molecular weight excluding hydrogens is 242 g/mol. The number of para-hydroxylation sites is 1. The molecule has 1 atom stereocenters. The maximum absolute atomic E-state index is 6.15. The van der Waals surface area contributed by atoms with Crippen molar-refractivity contribution in [3.05, 3.63) is 30.5 Å². The summed E-state index contributed by atoms with van der Waals surface area (Å²) in [5.74, 6) is 1.16. The van der Waals surface area contributed by atoms with Gasteiger partial charge in [-0.25, -0.2) is 0 Å². The van der Waals surface area contributed by atoms with Crippen LogP contribution in [0.25, 0.3) is 10.9 Å². The van der Waals surface area contributed by atoms with E-state index in [1.54, 1.807) is 6.20 Å². The molecule has 2 heterocycles. The molecule has 0 amide bonds. The van der Waals surface area contributed by atoms with Crippen LogP contribution in [0.3, 0.4) is 0 Å². The van der Waals surface area contributed by atoms with Gasteiger partial charge in [0.05, 0.1) is 23.1 Å². The molecule has 1 unspecified atom stereocenters. The van der Waals surface area contributed by atoms with Crippen LogP contribution in [-0.2, 0) is 0 Å². The third-order valence-corrected chi connectivity index (χ3v) is 4.47. The minimum atomic E-state index is 0.657. The van der Waals surface area contributed by atoms with Crippen molar-refractivity contribution < 1.29 is 0 Å². The number of hydrogen-bond donors (Lipinski definition) is 1. The minimum Gasteiger partial charge on any atom is -0.396 e. The molecule has 0 saturated carbocycles. The largest absolute Gasteiger partial charge is 0.396 e. The number of fused-ring (bicyclic) bond motifs is 1. The number of anilines is 2. The van der Waals surface area contributed by atoms with Gasteiger partial charge >= 0.3 is 0 Å². The summed E-state index contributed by atoms with van der Waals surface area (Å²) in [6, 6.07) is 8.22. The van der Waals surface area contributed by atoms with E-state index in [4.69, 9.17) is 5.73 Å². The van der Waals surface area contributed by atoms with Crippen LogP contribution < -0.4 is 10.6 Å². The average molecular weight is 259 g/mol. The zero-order valence-electron chi connectivity index (χ0n) is 10.5. The van der Waals surface area contributed by atoms with Crippen molar-refractivity contribution >= 4 is 34.0 Å². The molecule has 18 heavy (non-hydrogen) atoms. The highest BCUT2D eigenvalue weighted by molar-refractivity contribution is 8.00. The highest BCUT2D eigenvalue weighted by Gasteiger charge is 2.20. The molecule has 1 fully saturated rings. The Labute approximate surface area is 111 Å². The summed E-state index contributed by atoms with van der Waals surface area (Å²) in [6.45, 7) is 4.40. The Kier molecular flexibility index (Phi) is 3.04. The maximum atomic E-state index is 6.15. The second-order valence-corrected chi connectivity index (χ2v) is 6.25. The zero-order chi connectivity index (χ0) is 12.5. The van der Waals surface area contributed by atoms with E-state index in [1.807, 2.05) is 23.9 Å². The lowest BCUT2D eigenvalue weighted by molar-refractivity contribution is 0.786. The monoisotopic (exact) mass is 259 g/mol. The highest BCUT2D eigenvalue weighted by atomic mass is 32.2. The Morgan fingerprint density at radius 2 is 2.22 bits per heavy atom. The van der Waals surface area contributed by atoms with Crippen molar-refractivity contribution in [3.8, 4) is 0 Å². The fraction of sp³-hybridized carbons (Fsp3) is 0.357. The van der Waals surface area contributed by atoms with Crippen LogP contribution in [0.5, 0.6) is 0 Å². The summed E-state index contributed by atoms with van der Waals surface area (Å²) >= 11 is 2.03. The van der Waals surface area contributed by atoms with Crippen LogP contribution in [0.2, 0.25) is 0 Å². The Hall–Kier alpha value is -1.42. The molecule has 1 aromatic carbocycles. The van der Waals surface area contributed by atoms with Crippen LogP contribution in [0.4, 0.5) is 11.4 Å². The van der Waals surface area contributed by atoms with E-state index in [0.717, 1.165) is 41.1 Å². The first kappa shape index (κ1) is 11.7. The standard InChI is InChI=1S/C14H17N3S/c1-10-9-17(6-7-18-10)14-11-4-2-3-5-13(11)16-8-12(14)15/h2-5,8,10H,6-7,9,15H2,1H3. The molecule has 4 heteroatoms. The first-order chi connectivity index (χ1) is 8.75. The summed E-state index contributed by atoms with van der Waals surface area (Å²) in [4.78, 5) is 6.80. The number of rotatable bonds is 1. The molecule has 1 aliphatic rings. The van der Waals surface area contributed by atoms with Crippen molar-refractivity contribution in [2.45, 2.75) is 12.2 Å². The third-order valence-electron chi connectivity index (χ3n) is 3.33. The SMILES string of the molecule is CC1CN(c2c(N)cnc3ccccc23)CCS1. The summed E-state index contributed by atoms with van der Waals surface area (Å²) in [7, 11) is 0. The van der Waals surface area contributed by atoms with Gasteiger partial charge in [0, 0.05) is 29.5 Å². The number of nitrogens with two attached hydrogens (primary N) is 1. The van der Waals surface area contributed by atoms with Gasteiger partial charge in [0.1, 0.15) is 0 Å². The van der Waals surface area contributed by atoms with Crippen molar-refractivity contribution in [1.29, 1.82) is 0 Å². The van der Waals surface area contributed by atoms with Gasteiger partial charge < -0.3 is 10.6 Å². The number of aromatic nitrogens is 1. The number of benzene rings is 1. The Balaban J connectivity index is 2.12. The van der Waals surface area contributed by atoms with Gasteiger partial charge in [-0.2, -0.15) is 11.8 Å². The second kappa shape index (κ2) is 4.69. The van der Waals surface area contributed by atoms with Crippen molar-refractivity contribution in [2.24, 2.45) is 0 Å². The molecule has 2 aromatic rings. The predicted octanol–water partition coefficient (Wildman–Crippen LogP) is 2.76. The summed E-state index contributed by atoms with van der Waals surface area (Å²) in [5, 5.41) is 1.82. The summed E-state index contributed by atoms with van der Waals surface area (Å²) in [6.07, 6.45) is 1.78. The highest BCUT2D eigenvalue weighted by Crippen LogP contribution is 2.34. The fourth-order valence-corrected chi connectivity index (χ4v) is 3.53. The van der Waals surface area contributed by atoms with Crippen molar-refractivity contribution in [3.63, 3.8) is 0 Å². The molecular formula is C14H17N3S. The second-order valence-electron chi connectivity index (χ2n) is 4.71. The first-order valence-corrected chi connectivity index (χ1v) is 7.30. The van der Waals surface area contributed by atoms with E-state index in [9.17, 15) is 0 Å². The van der Waals surface area contributed by atoms with Gasteiger partial charge in [-0.15, -0.1) is 0 Å². The number of thioether (sulfide) groups is 1. The zero-order valence-corrected chi connectivity index (χ0v) is 11.3. The third kappa shape index (κ3) is 2.01. The number of pyridine rings is 1. The molecule has 3 rings (SSSR count). The van der Waals surface area contributed by atoms with Gasteiger partial charge in [0.15, 0.2) is 0 Å². The lowest BCUT2D eigenvalue weighted by atomic mass is 10.1. The Bertz CT molecular complexity index is 570. The molecule has 3 nitrogen and oxygen atoms in total. The van der Waals surface area contributed by atoms with Crippen molar-refractivity contribution in [2.75, 3.05) is 29.5 Å². The minimum absolute atomic E-state index is 0.657. The van der Waals surface area contributed by atoms with E-state index in [1.165, 1.54) is 0 Å². The molecule has 0 spiro atoms. The molecule has 1 aliphatic heterocycles. The lowest BCUT2D eigenvalue weighted by Crippen LogP contribution is -2.37. The Morgan fingerprint density at radius 1 is 1.39 bits per heavy atom. The molecule has 0 radical (unpaired) electrons. The first-order valence-electron chi connectivity index (χ1n) is 6.25. The van der Waals surface area contributed by atoms with Crippen LogP contribution in [0, 0.1) is 0 Å². The molecule has 1 aromatic heterocycles. The summed E-state index contributed by atoms with van der Waals surface area (Å²) in [5.41, 5.74) is 9.12. The van der Waals surface area contributed by atoms with E-state index in [-0.39, 0.29) is 0 Å². The van der Waals surface area contributed by atoms with Crippen LogP contribution in [0.15, 0.2) is 30.5 Å². The van der Waals surface area contributed by atoms with Gasteiger partial charge in [0.25, 0.3) is 0 Å². The molecule has 2 N–H and O–H groups in total. The molecule has 0 bridgehead atoms. The number of hydrogen-bond acceptors (Lipinski definition) is 4. The fourth-order valence-electron chi connectivity index (χ4n) is 2.52.